The number of aliphatic carboxylic acids is 1. The van der Waals surface area contributed by atoms with Gasteiger partial charge < -0.3 is 63.1 Å². The van der Waals surface area contributed by atoms with E-state index in [1.165, 1.54) is 250 Å². The lowest BCUT2D eigenvalue weighted by Gasteiger charge is -2.35. The van der Waals surface area contributed by atoms with Crippen molar-refractivity contribution >= 4 is 36.2 Å². The van der Waals surface area contributed by atoms with Crippen LogP contribution in [0.1, 0.15) is 370 Å². The average Bonchev–Trinajstić information content (AvgIpc) is 1.53. The standard InChI is InChI=1S/C27H50O6.C22H40O5.C18H36O2.C4H6O4.C3H8O2.2CH4/c1-3-5-7-8-9-10-11-12-13-14-15-16-17-18-19-20-25(28)30-23-27(32-21-6-4-2)24-31-26(29)22-33-27;1-2-3-4-5-6-7-8-9-10-11-12-13-14-15-16-17-21(23)25-18-20-19-26-22(24)27-20;1-2-3-4-5-6-7-8-9-10-11-12-13-14-15-16-17-18(19)20;5-1-3-2-7-4(6)8-3;4-2-1-3-5;;/h3-24H2,1-2H3;20H,2-19H2,1H3;2-17H2,1H3,(H,19,20);3,5H,1-2H2;4-5H,1-3H2;2*1H4. The minimum Gasteiger partial charge on any atom is -0.481 e. The summed E-state index contributed by atoms with van der Waals surface area (Å²) in [7, 11) is 0. The monoisotopic (exact) mass is 1370 g/mol. The average molecular weight is 1370 g/mol. The lowest BCUT2D eigenvalue weighted by molar-refractivity contribution is -0.295. The van der Waals surface area contributed by atoms with Crippen LogP contribution < -0.4 is 0 Å². The van der Waals surface area contributed by atoms with E-state index in [1.54, 1.807) is 0 Å². The molecule has 0 aromatic heterocycles. The third-order valence-corrected chi connectivity index (χ3v) is 16.4. The molecule has 3 aliphatic heterocycles. The van der Waals surface area contributed by atoms with Gasteiger partial charge in [0.05, 0.1) is 13.2 Å². The SMILES string of the molecule is C.C.CCCCCCCCCCCCCCCCCC(=O)O.CCCCCCCCCCCCCCCCCC(=O)OCC1(OCCCC)COC(=O)CO1.CCCCCCCCCCCCCCCCCC(=O)OCC1COC(=O)O1.O=C1OCC(CO)O1.OCCCO. The molecular weight excluding hydrogens is 1220 g/mol. The number of ether oxygens (including phenoxy) is 9. The third-order valence-electron chi connectivity index (χ3n) is 16.4. The first-order valence-corrected chi connectivity index (χ1v) is 37.8. The number of rotatable bonds is 59. The van der Waals surface area contributed by atoms with Gasteiger partial charge in [-0.05, 0) is 32.1 Å². The van der Waals surface area contributed by atoms with E-state index in [9.17, 15) is 28.8 Å². The van der Waals surface area contributed by atoms with Crippen molar-refractivity contribution in [1.82, 2.24) is 0 Å². The van der Waals surface area contributed by atoms with Crippen LogP contribution in [-0.4, -0.2) is 141 Å². The van der Waals surface area contributed by atoms with Gasteiger partial charge in [-0.25, -0.2) is 14.4 Å². The lowest BCUT2D eigenvalue weighted by Crippen LogP contribution is -2.51. The Labute approximate surface area is 579 Å². The molecule has 3 aliphatic rings. The van der Waals surface area contributed by atoms with Gasteiger partial charge in [0, 0.05) is 32.5 Å². The Hall–Kier alpha value is -3.78. The Morgan fingerprint density at radius 2 is 0.726 bits per heavy atom. The first kappa shape index (κ1) is 97.6. The Morgan fingerprint density at radius 3 is 0.989 bits per heavy atom. The molecule has 566 valence electrons. The highest BCUT2D eigenvalue weighted by molar-refractivity contribution is 5.71. The molecule has 0 amide bonds. The largest absolute Gasteiger partial charge is 0.508 e. The summed E-state index contributed by atoms with van der Waals surface area (Å²) in [4.78, 5) is 66.1. The zero-order valence-corrected chi connectivity index (χ0v) is 59.7. The van der Waals surface area contributed by atoms with E-state index in [-0.39, 0.29) is 86.3 Å². The van der Waals surface area contributed by atoms with Gasteiger partial charge in [-0.1, -0.05) is 319 Å². The minimum atomic E-state index is -1.16. The van der Waals surface area contributed by atoms with Crippen LogP contribution in [0, 0.1) is 0 Å². The van der Waals surface area contributed by atoms with Crippen molar-refractivity contribution in [3.05, 3.63) is 0 Å². The van der Waals surface area contributed by atoms with E-state index in [4.69, 9.17) is 48.8 Å². The summed E-state index contributed by atoms with van der Waals surface area (Å²) in [6, 6.07) is 0. The summed E-state index contributed by atoms with van der Waals surface area (Å²) in [5.41, 5.74) is 0. The number of carboxylic acids is 1. The molecule has 3 rings (SSSR count). The van der Waals surface area contributed by atoms with Crippen molar-refractivity contribution in [3.63, 3.8) is 0 Å². The number of carboxylic acid groups (broad SMARTS) is 1. The number of hydrogen-bond acceptors (Lipinski definition) is 18. The lowest BCUT2D eigenvalue weighted by atomic mass is 10.0. The molecule has 0 aromatic carbocycles. The highest BCUT2D eigenvalue weighted by Gasteiger charge is 2.40. The van der Waals surface area contributed by atoms with Crippen LogP contribution in [0.5, 0.6) is 0 Å². The second-order valence-corrected chi connectivity index (χ2v) is 25.5. The number of carbonyl (C=O) groups is 6. The summed E-state index contributed by atoms with van der Waals surface area (Å²) in [6.07, 6.45) is 60.2. The van der Waals surface area contributed by atoms with E-state index in [1.807, 2.05) is 0 Å². The topological polar surface area (TPSA) is 266 Å². The highest BCUT2D eigenvalue weighted by Crippen LogP contribution is 2.22. The van der Waals surface area contributed by atoms with Gasteiger partial charge in [0.25, 0.3) is 0 Å². The Morgan fingerprint density at radius 1 is 0.411 bits per heavy atom. The Kier molecular flexibility index (Phi) is 79.7. The zero-order chi connectivity index (χ0) is 68.6. The molecule has 3 atom stereocenters. The molecule has 19 nitrogen and oxygen atoms in total. The molecule has 19 heteroatoms. The molecule has 0 bridgehead atoms. The van der Waals surface area contributed by atoms with Crippen molar-refractivity contribution in [1.29, 1.82) is 0 Å². The fraction of sp³-hybridized carbons (Fsp3) is 0.921. The first-order valence-electron chi connectivity index (χ1n) is 37.8. The number of aliphatic hydroxyl groups is 3. The molecule has 4 N–H and O–H groups in total. The fourth-order valence-electron chi connectivity index (χ4n) is 10.5. The van der Waals surface area contributed by atoms with Crippen LogP contribution in [0.3, 0.4) is 0 Å². The molecule has 3 heterocycles. The summed E-state index contributed by atoms with van der Waals surface area (Å²) in [5, 5.41) is 32.7. The van der Waals surface area contributed by atoms with E-state index in [0.717, 1.165) is 51.4 Å². The van der Waals surface area contributed by atoms with Crippen molar-refractivity contribution < 1.29 is 91.8 Å². The van der Waals surface area contributed by atoms with E-state index in [0.29, 0.717) is 32.3 Å². The molecule has 0 aliphatic carbocycles. The molecule has 0 radical (unpaired) electrons. The van der Waals surface area contributed by atoms with Crippen LogP contribution in [0.25, 0.3) is 0 Å². The van der Waals surface area contributed by atoms with Gasteiger partial charge >= 0.3 is 36.2 Å². The molecule has 0 aromatic rings. The normalized spacial score (nSPS) is 16.0. The number of hydrogen-bond donors (Lipinski definition) is 4. The highest BCUT2D eigenvalue weighted by atomic mass is 16.8. The van der Waals surface area contributed by atoms with Gasteiger partial charge in [0.15, 0.2) is 12.2 Å². The van der Waals surface area contributed by atoms with Gasteiger partial charge in [-0.2, -0.15) is 0 Å². The summed E-state index contributed by atoms with van der Waals surface area (Å²) < 4.78 is 45.0. The fourth-order valence-corrected chi connectivity index (χ4v) is 10.5. The number of unbranched alkanes of at least 4 members (excludes halogenated alkanes) is 43. The molecule has 0 saturated carbocycles. The maximum absolute atomic E-state index is 12.1. The predicted octanol–water partition coefficient (Wildman–Crippen LogP) is 19.7. The number of aliphatic hydroxyl groups excluding tert-OH is 3. The molecule has 0 spiro atoms. The van der Waals surface area contributed by atoms with E-state index in [2.05, 4.69) is 41.9 Å². The quantitative estimate of drug-likeness (QED) is 0.0250. The Balaban J connectivity index is -0.000000600. The number of esters is 3. The number of carbonyl (C=O) groups excluding carboxylic acids is 5. The van der Waals surface area contributed by atoms with Gasteiger partial charge in [-0.15, -0.1) is 0 Å². The maximum atomic E-state index is 12.1. The predicted molar refractivity (Wildman–Crippen MR) is 380 cm³/mol. The van der Waals surface area contributed by atoms with Crippen molar-refractivity contribution in [3.8, 4) is 0 Å². The molecule has 95 heavy (non-hydrogen) atoms. The van der Waals surface area contributed by atoms with Crippen molar-refractivity contribution in [2.45, 2.75) is 388 Å². The molecule has 3 unspecified atom stereocenters. The summed E-state index contributed by atoms with van der Waals surface area (Å²) in [6.45, 7) is 9.56. The second kappa shape index (κ2) is 77.6. The molecule has 3 saturated heterocycles. The van der Waals surface area contributed by atoms with Crippen molar-refractivity contribution in [2.24, 2.45) is 0 Å². The van der Waals surface area contributed by atoms with E-state index >= 15 is 0 Å². The van der Waals surface area contributed by atoms with Crippen LogP contribution in [0.15, 0.2) is 0 Å². The van der Waals surface area contributed by atoms with E-state index < -0.39 is 42.2 Å². The van der Waals surface area contributed by atoms with Gasteiger partial charge in [0.2, 0.25) is 5.79 Å². The van der Waals surface area contributed by atoms with Crippen LogP contribution >= 0.6 is 0 Å². The molecule has 3 fully saturated rings. The van der Waals surface area contributed by atoms with Crippen molar-refractivity contribution in [2.75, 3.05) is 66.1 Å². The smallest absolute Gasteiger partial charge is 0.481 e. The maximum Gasteiger partial charge on any atom is 0.508 e. The van der Waals surface area contributed by atoms with Crippen LogP contribution in [-0.2, 0) is 61.8 Å². The second-order valence-electron chi connectivity index (χ2n) is 25.5. The summed E-state index contributed by atoms with van der Waals surface area (Å²) >= 11 is 0. The Bertz CT molecular complexity index is 1650. The third kappa shape index (κ3) is 72.8. The molecular formula is C76H148O19. The van der Waals surface area contributed by atoms with Crippen LogP contribution in [0.2, 0.25) is 0 Å². The summed E-state index contributed by atoms with van der Waals surface area (Å²) in [5.74, 6) is -2.70. The minimum absolute atomic E-state index is 0. The zero-order valence-electron chi connectivity index (χ0n) is 59.7. The first-order chi connectivity index (χ1) is 45.3. The number of cyclic esters (lactones) is 5. The van der Waals surface area contributed by atoms with Crippen LogP contribution in [0.4, 0.5) is 9.59 Å². The van der Waals surface area contributed by atoms with Gasteiger partial charge in [0.1, 0.15) is 39.6 Å². The van der Waals surface area contributed by atoms with Gasteiger partial charge in [-0.3, -0.25) is 14.4 Å².